The summed E-state index contributed by atoms with van der Waals surface area (Å²) >= 11 is 0. The third kappa shape index (κ3) is 6.24. The van der Waals surface area contributed by atoms with E-state index < -0.39 is 0 Å². The lowest BCUT2D eigenvalue weighted by Crippen LogP contribution is -2.44. The number of carbonyl (C=O) groups excluding carboxylic acids is 2. The Balaban J connectivity index is 1.34. The van der Waals surface area contributed by atoms with E-state index in [1.54, 1.807) is 0 Å². The van der Waals surface area contributed by atoms with Crippen molar-refractivity contribution in [3.8, 4) is 0 Å². The number of aryl methyl sites for hydroxylation is 1. The molecular weight excluding hydrogens is 336 g/mol. The lowest BCUT2D eigenvalue weighted by molar-refractivity contribution is -0.133. The van der Waals surface area contributed by atoms with Crippen LogP contribution in [0.1, 0.15) is 30.4 Å². The molecule has 1 aliphatic heterocycles. The molecule has 1 saturated heterocycles. The molecule has 2 aromatic rings. The minimum Gasteiger partial charge on any atom is -0.347 e. The number of nitrogens with zero attached hydrogens (tertiary/aromatic N) is 1. The van der Waals surface area contributed by atoms with Crippen LogP contribution in [-0.2, 0) is 22.4 Å². The lowest BCUT2D eigenvalue weighted by atomic mass is 9.90. The second-order valence-electron chi connectivity index (χ2n) is 7.29. The number of hydrogen-bond donors (Lipinski definition) is 1. The van der Waals surface area contributed by atoms with E-state index in [1.807, 2.05) is 41.3 Å². The van der Waals surface area contributed by atoms with E-state index in [-0.39, 0.29) is 18.4 Å². The van der Waals surface area contributed by atoms with E-state index in [2.05, 4.69) is 29.6 Å². The first-order valence-corrected chi connectivity index (χ1v) is 9.83. The standard InChI is InChI=1S/C23H28N2O2/c26-22(17-21-9-5-2-6-10-21)24-18-23(27)25-15-13-20(14-16-25)12-11-19-7-3-1-4-8-19/h1-10,20H,11-18H2,(H,24,26). The molecule has 3 rings (SSSR count). The average molecular weight is 364 g/mol. The Morgan fingerprint density at radius 1 is 0.889 bits per heavy atom. The number of nitrogens with one attached hydrogen (secondary N) is 1. The van der Waals surface area contributed by atoms with E-state index in [0.717, 1.165) is 37.9 Å². The van der Waals surface area contributed by atoms with Crippen molar-refractivity contribution in [2.75, 3.05) is 19.6 Å². The molecule has 4 heteroatoms. The van der Waals surface area contributed by atoms with Gasteiger partial charge in [-0.05, 0) is 42.7 Å². The van der Waals surface area contributed by atoms with Gasteiger partial charge in [0.25, 0.3) is 0 Å². The first-order valence-electron chi connectivity index (χ1n) is 9.83. The minimum absolute atomic E-state index is 0.0259. The topological polar surface area (TPSA) is 49.4 Å². The number of piperidine rings is 1. The van der Waals surface area contributed by atoms with E-state index in [9.17, 15) is 9.59 Å². The van der Waals surface area contributed by atoms with Gasteiger partial charge in [-0.25, -0.2) is 0 Å². The maximum Gasteiger partial charge on any atom is 0.241 e. The van der Waals surface area contributed by atoms with Crippen LogP contribution in [0.15, 0.2) is 60.7 Å². The molecule has 0 saturated carbocycles. The summed E-state index contributed by atoms with van der Waals surface area (Å²) in [7, 11) is 0. The zero-order valence-corrected chi connectivity index (χ0v) is 15.8. The highest BCUT2D eigenvalue weighted by Crippen LogP contribution is 2.22. The fraction of sp³-hybridized carbons (Fsp3) is 0.391. The Hall–Kier alpha value is -2.62. The highest BCUT2D eigenvalue weighted by molar-refractivity contribution is 5.85. The summed E-state index contributed by atoms with van der Waals surface area (Å²) in [6, 6.07) is 20.2. The number of likely N-dealkylation sites (tertiary alicyclic amines) is 1. The van der Waals surface area contributed by atoms with Gasteiger partial charge in [-0.1, -0.05) is 60.7 Å². The van der Waals surface area contributed by atoms with Gasteiger partial charge < -0.3 is 10.2 Å². The van der Waals surface area contributed by atoms with Crippen molar-refractivity contribution in [1.82, 2.24) is 10.2 Å². The van der Waals surface area contributed by atoms with Crippen LogP contribution in [0.4, 0.5) is 0 Å². The van der Waals surface area contributed by atoms with Crippen LogP contribution in [0, 0.1) is 5.92 Å². The summed E-state index contributed by atoms with van der Waals surface area (Å²) in [5.74, 6) is 0.604. The number of amides is 2. The Morgan fingerprint density at radius 2 is 1.48 bits per heavy atom. The smallest absolute Gasteiger partial charge is 0.241 e. The second kappa shape index (κ2) is 9.91. The third-order valence-corrected chi connectivity index (χ3v) is 5.30. The number of hydrogen-bond acceptors (Lipinski definition) is 2. The third-order valence-electron chi connectivity index (χ3n) is 5.30. The number of rotatable bonds is 7. The monoisotopic (exact) mass is 364 g/mol. The van der Waals surface area contributed by atoms with Crippen LogP contribution in [0.25, 0.3) is 0 Å². The molecule has 142 valence electrons. The lowest BCUT2D eigenvalue weighted by Gasteiger charge is -2.32. The van der Waals surface area contributed by atoms with Crippen molar-refractivity contribution in [2.24, 2.45) is 5.92 Å². The molecule has 0 unspecified atom stereocenters. The number of carbonyl (C=O) groups is 2. The zero-order valence-electron chi connectivity index (χ0n) is 15.8. The predicted molar refractivity (Wildman–Crippen MR) is 107 cm³/mol. The van der Waals surface area contributed by atoms with Gasteiger partial charge in [-0.3, -0.25) is 9.59 Å². The quantitative estimate of drug-likeness (QED) is 0.820. The van der Waals surface area contributed by atoms with Crippen LogP contribution in [0.2, 0.25) is 0 Å². The average Bonchev–Trinajstić information content (AvgIpc) is 2.72. The van der Waals surface area contributed by atoms with E-state index in [1.165, 1.54) is 12.0 Å². The van der Waals surface area contributed by atoms with Gasteiger partial charge in [-0.2, -0.15) is 0 Å². The molecule has 1 aliphatic rings. The highest BCUT2D eigenvalue weighted by atomic mass is 16.2. The van der Waals surface area contributed by atoms with Gasteiger partial charge in [0.1, 0.15) is 0 Å². The fourth-order valence-electron chi connectivity index (χ4n) is 3.62. The van der Waals surface area contributed by atoms with Gasteiger partial charge >= 0.3 is 0 Å². The maximum atomic E-state index is 12.4. The molecule has 1 N–H and O–H groups in total. The number of benzene rings is 2. The molecule has 1 heterocycles. The second-order valence-corrected chi connectivity index (χ2v) is 7.29. The molecule has 1 fully saturated rings. The normalized spacial score (nSPS) is 14.7. The summed E-state index contributed by atoms with van der Waals surface area (Å²) in [6.07, 6.45) is 4.71. The van der Waals surface area contributed by atoms with Gasteiger partial charge in [-0.15, -0.1) is 0 Å². The molecule has 0 bridgehead atoms. The Labute approximate surface area is 161 Å². The van der Waals surface area contributed by atoms with Crippen molar-refractivity contribution in [3.63, 3.8) is 0 Å². The molecular formula is C23H28N2O2. The van der Waals surface area contributed by atoms with Crippen LogP contribution >= 0.6 is 0 Å². The Bertz CT molecular complexity index is 723. The van der Waals surface area contributed by atoms with Crippen molar-refractivity contribution in [1.29, 1.82) is 0 Å². The van der Waals surface area contributed by atoms with Crippen molar-refractivity contribution in [3.05, 3.63) is 71.8 Å². The minimum atomic E-state index is -0.104. The van der Waals surface area contributed by atoms with Crippen LogP contribution in [-0.4, -0.2) is 36.3 Å². The first-order chi connectivity index (χ1) is 13.2. The van der Waals surface area contributed by atoms with Crippen LogP contribution in [0.5, 0.6) is 0 Å². The molecule has 0 atom stereocenters. The molecule has 0 radical (unpaired) electrons. The molecule has 2 aromatic carbocycles. The Morgan fingerprint density at radius 3 is 2.11 bits per heavy atom. The highest BCUT2D eigenvalue weighted by Gasteiger charge is 2.22. The first kappa shape index (κ1) is 19.2. The van der Waals surface area contributed by atoms with Gasteiger partial charge in [0.05, 0.1) is 13.0 Å². The summed E-state index contributed by atoms with van der Waals surface area (Å²) in [5.41, 5.74) is 2.35. The van der Waals surface area contributed by atoms with Crippen LogP contribution in [0.3, 0.4) is 0 Å². The summed E-state index contributed by atoms with van der Waals surface area (Å²) in [6.45, 7) is 1.69. The van der Waals surface area contributed by atoms with E-state index in [0.29, 0.717) is 12.3 Å². The molecule has 27 heavy (non-hydrogen) atoms. The SMILES string of the molecule is O=C(Cc1ccccc1)NCC(=O)N1CCC(CCc2ccccc2)CC1. The predicted octanol–water partition coefficient (Wildman–Crippen LogP) is 3.22. The molecule has 2 amide bonds. The summed E-state index contributed by atoms with van der Waals surface area (Å²) < 4.78 is 0. The van der Waals surface area contributed by atoms with Crippen molar-refractivity contribution < 1.29 is 9.59 Å². The molecule has 0 spiro atoms. The summed E-state index contributed by atoms with van der Waals surface area (Å²) in [5, 5.41) is 2.76. The summed E-state index contributed by atoms with van der Waals surface area (Å²) in [4.78, 5) is 26.2. The van der Waals surface area contributed by atoms with E-state index in [4.69, 9.17) is 0 Å². The fourth-order valence-corrected chi connectivity index (χ4v) is 3.62. The maximum absolute atomic E-state index is 12.4. The zero-order chi connectivity index (χ0) is 18.9. The molecule has 0 aromatic heterocycles. The van der Waals surface area contributed by atoms with Crippen molar-refractivity contribution in [2.45, 2.75) is 32.1 Å². The van der Waals surface area contributed by atoms with E-state index >= 15 is 0 Å². The van der Waals surface area contributed by atoms with Gasteiger partial charge in [0.15, 0.2) is 0 Å². The largest absolute Gasteiger partial charge is 0.347 e. The van der Waals surface area contributed by atoms with Crippen LogP contribution < -0.4 is 5.32 Å². The van der Waals surface area contributed by atoms with Crippen molar-refractivity contribution >= 4 is 11.8 Å². The molecule has 4 nitrogen and oxygen atoms in total. The molecule has 0 aliphatic carbocycles. The Kier molecular flexibility index (Phi) is 7.03. The van der Waals surface area contributed by atoms with Gasteiger partial charge in [0.2, 0.25) is 11.8 Å². The van der Waals surface area contributed by atoms with Gasteiger partial charge in [0, 0.05) is 13.1 Å².